The van der Waals surface area contributed by atoms with Gasteiger partial charge in [0.05, 0.1) is 0 Å². The second-order valence-corrected chi connectivity index (χ2v) is 3.86. The van der Waals surface area contributed by atoms with E-state index in [9.17, 15) is 4.79 Å². The van der Waals surface area contributed by atoms with Crippen LogP contribution in [0.5, 0.6) is 0 Å². The van der Waals surface area contributed by atoms with Gasteiger partial charge in [0.25, 0.3) is 5.91 Å². The number of rotatable bonds is 5. The zero-order valence-corrected chi connectivity index (χ0v) is 10.7. The molecule has 1 amide bonds. The summed E-state index contributed by atoms with van der Waals surface area (Å²) in [5.41, 5.74) is 1.01. The molecular weight excluding hydrogens is 252 g/mol. The molecule has 1 rings (SSSR count). The number of carbonyl (C=O) groups excluding carboxylic acids is 1. The Morgan fingerprint density at radius 2 is 2.44 bits per heavy atom. The summed E-state index contributed by atoms with van der Waals surface area (Å²) >= 11 is 5.44. The highest BCUT2D eigenvalue weighted by atomic mass is 35.5. The molecular formula is C12H13ClN4O. The smallest absolute Gasteiger partial charge is 0.263 e. The van der Waals surface area contributed by atoms with Gasteiger partial charge in [-0.3, -0.25) is 4.79 Å². The fraction of sp³-hybridized carbons (Fsp3) is 0.250. The highest BCUT2D eigenvalue weighted by Crippen LogP contribution is 2.06. The number of hydrogen-bond donors (Lipinski definition) is 2. The van der Waals surface area contributed by atoms with Gasteiger partial charge in [0.2, 0.25) is 0 Å². The number of nitrogens with zero attached hydrogens (tertiary/aromatic N) is 2. The molecule has 0 unspecified atom stereocenters. The van der Waals surface area contributed by atoms with Crippen molar-refractivity contribution in [1.29, 1.82) is 5.26 Å². The van der Waals surface area contributed by atoms with Gasteiger partial charge in [0.1, 0.15) is 17.5 Å². The van der Waals surface area contributed by atoms with E-state index in [1.54, 1.807) is 6.20 Å². The summed E-state index contributed by atoms with van der Waals surface area (Å²) < 4.78 is 0. The van der Waals surface area contributed by atoms with E-state index in [-0.39, 0.29) is 5.57 Å². The summed E-state index contributed by atoms with van der Waals surface area (Å²) in [7, 11) is 0. The summed E-state index contributed by atoms with van der Waals surface area (Å²) in [4.78, 5) is 15.5. The molecule has 0 aromatic carbocycles. The lowest BCUT2D eigenvalue weighted by atomic mass is 10.3. The minimum absolute atomic E-state index is 0.0246. The van der Waals surface area contributed by atoms with E-state index in [0.29, 0.717) is 18.2 Å². The second-order valence-electron chi connectivity index (χ2n) is 3.48. The summed E-state index contributed by atoms with van der Waals surface area (Å²) in [5.74, 6) is 0.420. The fourth-order valence-corrected chi connectivity index (χ4v) is 1.26. The highest BCUT2D eigenvalue weighted by molar-refractivity contribution is 6.18. The van der Waals surface area contributed by atoms with Gasteiger partial charge in [0.15, 0.2) is 0 Å². The van der Waals surface area contributed by atoms with Gasteiger partial charge in [-0.05, 0) is 24.6 Å². The van der Waals surface area contributed by atoms with Crippen molar-refractivity contribution in [3.05, 3.63) is 35.7 Å². The van der Waals surface area contributed by atoms with Gasteiger partial charge in [-0.2, -0.15) is 5.26 Å². The summed E-state index contributed by atoms with van der Waals surface area (Å²) in [6, 6.07) is 5.47. The van der Waals surface area contributed by atoms with E-state index in [1.807, 2.05) is 25.1 Å². The Morgan fingerprint density at radius 1 is 1.67 bits per heavy atom. The van der Waals surface area contributed by atoms with Crippen molar-refractivity contribution in [3.63, 3.8) is 0 Å². The van der Waals surface area contributed by atoms with Crippen LogP contribution in [0.2, 0.25) is 0 Å². The number of nitriles is 1. The number of amides is 1. The first-order valence-corrected chi connectivity index (χ1v) is 5.84. The fourth-order valence-electron chi connectivity index (χ4n) is 1.17. The molecule has 0 aliphatic rings. The minimum atomic E-state index is -0.460. The van der Waals surface area contributed by atoms with Crippen LogP contribution in [0.1, 0.15) is 5.56 Å². The molecule has 94 valence electrons. The summed E-state index contributed by atoms with van der Waals surface area (Å²) in [6.45, 7) is 2.25. The van der Waals surface area contributed by atoms with Gasteiger partial charge in [-0.15, -0.1) is 11.6 Å². The summed E-state index contributed by atoms with van der Waals surface area (Å²) in [5, 5.41) is 14.2. The number of aryl methyl sites for hydroxylation is 1. The van der Waals surface area contributed by atoms with Crippen molar-refractivity contribution in [2.75, 3.05) is 17.7 Å². The minimum Gasteiger partial charge on any atom is -0.350 e. The van der Waals surface area contributed by atoms with E-state index >= 15 is 0 Å². The molecule has 18 heavy (non-hydrogen) atoms. The van der Waals surface area contributed by atoms with Gasteiger partial charge < -0.3 is 10.6 Å². The number of anilines is 1. The van der Waals surface area contributed by atoms with Gasteiger partial charge in [-0.1, -0.05) is 0 Å². The van der Waals surface area contributed by atoms with Crippen molar-refractivity contribution in [3.8, 4) is 6.07 Å². The number of halogens is 1. The van der Waals surface area contributed by atoms with E-state index in [0.717, 1.165) is 5.56 Å². The van der Waals surface area contributed by atoms with Crippen LogP contribution in [0.4, 0.5) is 5.82 Å². The molecule has 1 heterocycles. The lowest BCUT2D eigenvalue weighted by Crippen LogP contribution is -2.26. The van der Waals surface area contributed by atoms with E-state index in [2.05, 4.69) is 15.6 Å². The van der Waals surface area contributed by atoms with E-state index < -0.39 is 5.91 Å². The first-order valence-electron chi connectivity index (χ1n) is 5.31. The number of alkyl halides is 1. The van der Waals surface area contributed by atoms with Crippen molar-refractivity contribution >= 4 is 23.3 Å². The normalized spacial score (nSPS) is 10.6. The average molecular weight is 265 g/mol. The molecule has 0 atom stereocenters. The zero-order valence-electron chi connectivity index (χ0n) is 9.90. The van der Waals surface area contributed by atoms with Crippen LogP contribution in [-0.2, 0) is 4.79 Å². The second kappa shape index (κ2) is 7.30. The Hall–Kier alpha value is -2.06. The predicted octanol–water partition coefficient (Wildman–Crippen LogP) is 1.56. The van der Waals surface area contributed by atoms with Gasteiger partial charge >= 0.3 is 0 Å². The third-order valence-corrected chi connectivity index (χ3v) is 2.21. The maximum absolute atomic E-state index is 11.5. The predicted molar refractivity (Wildman–Crippen MR) is 70.0 cm³/mol. The molecule has 0 aliphatic carbocycles. The van der Waals surface area contributed by atoms with Gasteiger partial charge in [0, 0.05) is 24.8 Å². The molecule has 0 spiro atoms. The number of nitrogens with one attached hydrogen (secondary N) is 2. The van der Waals surface area contributed by atoms with Crippen molar-refractivity contribution in [2.24, 2.45) is 0 Å². The molecule has 2 N–H and O–H groups in total. The van der Waals surface area contributed by atoms with E-state index in [1.165, 1.54) is 6.20 Å². The average Bonchev–Trinajstić information content (AvgIpc) is 2.37. The molecule has 0 saturated heterocycles. The van der Waals surface area contributed by atoms with Crippen LogP contribution in [0.15, 0.2) is 30.1 Å². The zero-order chi connectivity index (χ0) is 13.4. The van der Waals surface area contributed by atoms with Gasteiger partial charge in [-0.25, -0.2) is 4.98 Å². The topological polar surface area (TPSA) is 77.8 Å². The molecule has 0 radical (unpaired) electrons. The van der Waals surface area contributed by atoms with Crippen LogP contribution in [0.3, 0.4) is 0 Å². The van der Waals surface area contributed by atoms with Crippen molar-refractivity contribution < 1.29 is 4.79 Å². The third-order valence-electron chi connectivity index (χ3n) is 2.02. The first-order chi connectivity index (χ1) is 8.67. The quantitative estimate of drug-likeness (QED) is 0.481. The largest absolute Gasteiger partial charge is 0.350 e. The molecule has 0 saturated carbocycles. The molecule has 1 aromatic heterocycles. The first kappa shape index (κ1) is 14.0. The maximum atomic E-state index is 11.5. The molecule has 0 bridgehead atoms. The lowest BCUT2D eigenvalue weighted by Gasteiger charge is -2.03. The van der Waals surface area contributed by atoms with Crippen molar-refractivity contribution in [2.45, 2.75) is 6.92 Å². The van der Waals surface area contributed by atoms with Crippen molar-refractivity contribution in [1.82, 2.24) is 10.3 Å². The third kappa shape index (κ3) is 4.44. The maximum Gasteiger partial charge on any atom is 0.263 e. The monoisotopic (exact) mass is 264 g/mol. The van der Waals surface area contributed by atoms with Crippen LogP contribution in [-0.4, -0.2) is 23.3 Å². The van der Waals surface area contributed by atoms with Crippen LogP contribution >= 0.6 is 11.6 Å². The number of aromatic nitrogens is 1. The standard InChI is InChI=1S/C12H13ClN4O/c1-9-2-4-15-11(6-9)17-8-10(7-14)12(18)16-5-3-13/h2,4,6,8H,3,5H2,1H3,(H,15,17)(H,16,18)/b10-8-. The Balaban J connectivity index is 2.69. The molecule has 6 heteroatoms. The Bertz CT molecular complexity index is 493. The number of hydrogen-bond acceptors (Lipinski definition) is 4. The molecule has 1 aromatic rings. The number of carbonyl (C=O) groups is 1. The van der Waals surface area contributed by atoms with Crippen LogP contribution in [0.25, 0.3) is 0 Å². The number of pyridine rings is 1. The molecule has 0 fully saturated rings. The highest BCUT2D eigenvalue weighted by Gasteiger charge is 2.07. The Labute approximate surface area is 110 Å². The van der Waals surface area contributed by atoms with Crippen LogP contribution < -0.4 is 10.6 Å². The summed E-state index contributed by atoms with van der Waals surface area (Å²) in [6.07, 6.45) is 2.97. The Morgan fingerprint density at radius 3 is 3.06 bits per heavy atom. The van der Waals surface area contributed by atoms with E-state index in [4.69, 9.17) is 16.9 Å². The SMILES string of the molecule is Cc1ccnc(N/C=C(/C#N)C(=O)NCCCl)c1. The molecule has 5 nitrogen and oxygen atoms in total. The lowest BCUT2D eigenvalue weighted by molar-refractivity contribution is -0.117. The Kier molecular flexibility index (Phi) is 5.68. The molecule has 0 aliphatic heterocycles. The van der Waals surface area contributed by atoms with Crippen LogP contribution in [0, 0.1) is 18.3 Å².